The van der Waals surface area contributed by atoms with Crippen molar-refractivity contribution in [2.45, 2.75) is 309 Å². The van der Waals surface area contributed by atoms with E-state index in [9.17, 15) is 67.7 Å². The summed E-state index contributed by atoms with van der Waals surface area (Å²) in [5, 5.41) is 42.5. The van der Waals surface area contributed by atoms with Crippen LogP contribution in [0.25, 0.3) is 22.3 Å². The molecule has 3 unspecified atom stereocenters. The van der Waals surface area contributed by atoms with Gasteiger partial charge in [0, 0.05) is 119 Å². The maximum absolute atomic E-state index is 15.8. The van der Waals surface area contributed by atoms with Crippen molar-refractivity contribution in [2.75, 3.05) is 39.8 Å². The number of halogens is 1. The Labute approximate surface area is 744 Å². The number of rotatable bonds is 28. The Balaban J connectivity index is 0.507. The average molecular weight is 1790 g/mol. The van der Waals surface area contributed by atoms with E-state index in [0.717, 1.165) is 41.7 Å². The number of pyridine rings is 2. The van der Waals surface area contributed by atoms with Crippen molar-refractivity contribution in [1.82, 2.24) is 51.7 Å². The normalized spacial score (nSPS) is 31.7. The number of aromatic nitrogens is 2. The van der Waals surface area contributed by atoms with Crippen LogP contribution in [0, 0.1) is 24.6 Å². The summed E-state index contributed by atoms with van der Waals surface area (Å²) in [5.74, 6) is -8.82. The van der Waals surface area contributed by atoms with Crippen LogP contribution < -0.4 is 42.8 Å². The number of cyclic esters (lactones) is 1. The number of ether oxygens (including phenoxy) is 10. The summed E-state index contributed by atoms with van der Waals surface area (Å²) in [6.07, 6.45) is 2.95. The lowest BCUT2D eigenvalue weighted by molar-refractivity contribution is -0.292. The highest BCUT2D eigenvalue weighted by atomic mass is 19.1. The lowest BCUT2D eigenvalue weighted by Crippen LogP contribution is -2.61. The SMILES string of the molecule is C=C1C[C@@H]2CC[C@@]34C[C@H]5OC6C(O[C@H]7CC[C@H](CC(=O)C[C@@H]8[C@@H](OC)[C@@H](C[C@H](O)CNC(=O)CNC(=O)[C@H](Cc9ccccc9)NC(=O)CNC(=O)CNC(=O)C(CCC(=O)N[C@H]9CCc%10c(C)c(F)cc%11nc%12c(c9c%10%11)Cn9c-%12cc%10c(c9=O)COC(=O)[C@]%10(O)CC)NC(=O)CCCCCN9C(=O)C=CC9=O)O[C@H]8C[C@H]8O[C@@H](CC[C@@H]1O2)C[C@@H](C)C8=C)O[C@@H]7[C@@H]6O3)[C@H]5O4. The topological polar surface area (TPSA) is 443 Å². The molecule has 4 aromatic rings. The van der Waals surface area contributed by atoms with Crippen LogP contribution >= 0.6 is 0 Å². The van der Waals surface area contributed by atoms with Crippen LogP contribution in [0.15, 0.2) is 83.7 Å². The fourth-order valence-electron chi connectivity index (χ4n) is 21.8. The third-order valence-electron chi connectivity index (χ3n) is 28.7. The van der Waals surface area contributed by atoms with E-state index in [0.29, 0.717) is 91.0 Å². The highest BCUT2D eigenvalue weighted by Gasteiger charge is 2.69. The Morgan fingerprint density at radius 3 is 2.19 bits per heavy atom. The molecule has 2 aromatic carbocycles. The minimum Gasteiger partial charge on any atom is -0.458 e. The first-order valence-electron chi connectivity index (χ1n) is 45.7. The Morgan fingerprint density at radius 1 is 0.698 bits per heavy atom. The van der Waals surface area contributed by atoms with E-state index in [1.54, 1.807) is 51.3 Å². The number of hydrogen-bond acceptors (Lipinski definition) is 25. The van der Waals surface area contributed by atoms with Gasteiger partial charge in [-0.15, -0.1) is 0 Å². The third kappa shape index (κ3) is 18.9. The van der Waals surface area contributed by atoms with E-state index in [-0.39, 0.29) is 179 Å². The van der Waals surface area contributed by atoms with Gasteiger partial charge in [0.1, 0.15) is 60.8 Å². The number of benzene rings is 2. The summed E-state index contributed by atoms with van der Waals surface area (Å²) in [6.45, 7) is 11.8. The van der Waals surface area contributed by atoms with E-state index in [1.807, 2.05) is 0 Å². The lowest BCUT2D eigenvalue weighted by atomic mass is 9.81. The molecule has 9 N–H and O–H groups in total. The van der Waals surface area contributed by atoms with Crippen molar-refractivity contribution < 1.29 is 115 Å². The van der Waals surface area contributed by atoms with Gasteiger partial charge in [-0.05, 0) is 136 Å². The molecular formula is C94H115FN10O24. The van der Waals surface area contributed by atoms with Gasteiger partial charge in [0.25, 0.3) is 17.4 Å². The fourth-order valence-corrected chi connectivity index (χ4v) is 21.8. The number of carbonyl (C=O) groups is 11. The van der Waals surface area contributed by atoms with Gasteiger partial charge in [0.05, 0.1) is 122 Å². The van der Waals surface area contributed by atoms with Crippen LogP contribution in [-0.2, 0) is 132 Å². The van der Waals surface area contributed by atoms with Crippen molar-refractivity contribution in [3.05, 3.63) is 134 Å². The molecule has 0 saturated carbocycles. The molecule has 34 nitrogen and oxygen atoms in total. The van der Waals surface area contributed by atoms with E-state index in [4.69, 9.17) is 52.4 Å². The monoisotopic (exact) mass is 1790 g/mol. The van der Waals surface area contributed by atoms with Crippen molar-refractivity contribution in [2.24, 2.45) is 11.8 Å². The van der Waals surface area contributed by atoms with Gasteiger partial charge in [0.2, 0.25) is 41.4 Å². The molecule has 692 valence electrons. The molecule has 35 heteroatoms. The number of imide groups is 1. The Morgan fingerprint density at radius 2 is 1.41 bits per heavy atom. The Hall–Kier alpha value is -9.92. The fraction of sp³-hybridized carbons (Fsp3) is 0.606. The van der Waals surface area contributed by atoms with Gasteiger partial charge >= 0.3 is 5.97 Å². The van der Waals surface area contributed by atoms with Crippen LogP contribution in [0.3, 0.4) is 0 Å². The molecule has 2 aromatic heterocycles. The zero-order valence-corrected chi connectivity index (χ0v) is 73.0. The summed E-state index contributed by atoms with van der Waals surface area (Å²) < 4.78 is 83.5. The first-order valence-corrected chi connectivity index (χ1v) is 45.7. The zero-order valence-electron chi connectivity index (χ0n) is 73.0. The largest absolute Gasteiger partial charge is 0.458 e. The van der Waals surface area contributed by atoms with E-state index in [2.05, 4.69) is 57.3 Å². The molecular weight excluding hydrogens is 1670 g/mol. The number of nitrogens with one attached hydrogen (secondary N) is 7. The minimum absolute atomic E-state index is 0.0184. The number of methoxy groups -OCH3 is 1. The summed E-state index contributed by atoms with van der Waals surface area (Å²) in [5.41, 5.74) is 3.10. The van der Waals surface area contributed by atoms with Gasteiger partial charge in [-0.25, -0.2) is 14.2 Å². The van der Waals surface area contributed by atoms with E-state index >= 15 is 4.39 Å². The van der Waals surface area contributed by atoms with Crippen LogP contribution in [0.2, 0.25) is 0 Å². The Kier molecular flexibility index (Phi) is 26.9. The molecule has 15 heterocycles. The number of unbranched alkanes of at least 4 members (excludes halogenated alkanes) is 2. The zero-order chi connectivity index (χ0) is 90.6. The summed E-state index contributed by atoms with van der Waals surface area (Å²) in [4.78, 5) is 170. The molecule has 14 aliphatic rings. The van der Waals surface area contributed by atoms with Gasteiger partial charge in [-0.1, -0.05) is 63.8 Å². The maximum Gasteiger partial charge on any atom is 0.343 e. The molecule has 18 rings (SSSR count). The van der Waals surface area contributed by atoms with Crippen LogP contribution in [0.4, 0.5) is 4.39 Å². The second-order valence-corrected chi connectivity index (χ2v) is 37.1. The van der Waals surface area contributed by atoms with Crippen molar-refractivity contribution >= 4 is 75.8 Å². The number of aryl methyl sites for hydroxylation is 1. The molecule has 1 spiro atoms. The van der Waals surface area contributed by atoms with E-state index in [1.165, 1.54) is 28.9 Å². The first kappa shape index (κ1) is 91.0. The molecule has 0 radical (unpaired) electrons. The third-order valence-corrected chi connectivity index (χ3v) is 28.7. The summed E-state index contributed by atoms with van der Waals surface area (Å²) in [7, 11) is 1.55. The number of carbonyl (C=O) groups excluding carboxylic acids is 11. The molecule has 23 atom stereocenters. The molecule has 12 bridgehead atoms. The maximum atomic E-state index is 15.8. The predicted octanol–water partition coefficient (Wildman–Crippen LogP) is 4.07. The van der Waals surface area contributed by atoms with Gasteiger partial charge in [-0.2, -0.15) is 0 Å². The number of hydrogen-bond donors (Lipinski definition) is 9. The smallest absolute Gasteiger partial charge is 0.343 e. The summed E-state index contributed by atoms with van der Waals surface area (Å²) >= 11 is 0. The highest BCUT2D eigenvalue weighted by Crippen LogP contribution is 2.55. The lowest BCUT2D eigenvalue weighted by Gasteiger charge is -2.47. The second kappa shape index (κ2) is 38.1. The van der Waals surface area contributed by atoms with Crippen molar-refractivity contribution in [1.29, 1.82) is 0 Å². The van der Waals surface area contributed by atoms with Crippen LogP contribution in [-0.4, -0.2) is 245 Å². The van der Waals surface area contributed by atoms with Crippen molar-refractivity contribution in [3.63, 3.8) is 0 Å². The predicted molar refractivity (Wildman–Crippen MR) is 455 cm³/mol. The van der Waals surface area contributed by atoms with Gasteiger partial charge in [0.15, 0.2) is 11.4 Å². The number of aliphatic hydroxyl groups excluding tert-OH is 1. The number of Topliss-reactive ketones (excluding diaryl/α,β-unsaturated/α-hetero) is 1. The second-order valence-electron chi connectivity index (χ2n) is 37.1. The highest BCUT2D eigenvalue weighted by molar-refractivity contribution is 6.13. The molecule has 9 amide bonds. The van der Waals surface area contributed by atoms with Crippen LogP contribution in [0.5, 0.6) is 0 Å². The number of aliphatic hydroxyl groups is 2. The molecule has 1 aliphatic carbocycles. The van der Waals surface area contributed by atoms with E-state index < -0.39 is 174 Å². The number of ketones is 1. The molecule has 10 fully saturated rings. The average Bonchev–Trinajstić information content (AvgIpc) is 1.55. The molecule has 10 saturated heterocycles. The quantitative estimate of drug-likeness (QED) is 0.0147. The molecule has 13 aliphatic heterocycles. The number of fused-ring (bicyclic) bond motifs is 11. The molecule has 129 heavy (non-hydrogen) atoms. The number of amides is 9. The number of esters is 1. The minimum atomic E-state index is -2.12. The number of nitrogens with zero attached hydrogens (tertiary/aromatic N) is 3. The van der Waals surface area contributed by atoms with Gasteiger partial charge in [-0.3, -0.25) is 57.6 Å². The first-order chi connectivity index (χ1) is 62.0. The van der Waals surface area contributed by atoms with Crippen molar-refractivity contribution in [3.8, 4) is 11.4 Å². The van der Waals surface area contributed by atoms with Gasteiger partial charge < -0.3 is 99.4 Å². The standard InChI is InChI=1S/C94H115FN10O24/c1-7-94(119)60-36-66-82-58(44-105(66)91(117)59(60)45-121-92(94)118)81-62(20-19-56-49(5)61(95)37-64(103-82)80(56)81)100-74(109)24-21-63(101-73(108)16-12-9-13-29-104-78(113)25-26-79(104)114)89(115)98-42-76(111)97-43-77(112)102-65(32-50-14-10-8-11-15-50)90(116)99-41-75(110)96-40-52(107)35-71-83(120-6)57-34-51(106)33-54-18-23-68-84(124-54)88-87-86(126-68)85-72(127-87)39-93(128-85,129-88)28-27-55-31-47(3)67(122-55)22-17-53-30-46(2)48(4)69(123-53)38-70(57)125-71/h8,10-11,14-15,25-26,36-37,46,52-55,57,62-63,65,67-72,83-88,107,119H,3-4,7,9,12-13,16-24,27-35,38-45H2,1-2,5-6H3,(H,96,110)(H,97,111)(H,98,115)(H,99,116)(H,100,109)(H,101,108)(H,102,112)/t46-,52+,53+,54-,55+,57+,62+,63?,65+,67+,68+,69-,70+,71-,72-,83-,84+,85+,86?,87?,88+,93+,94+/m1/s1. The van der Waals surface area contributed by atoms with Crippen LogP contribution in [0.1, 0.15) is 194 Å². The summed E-state index contributed by atoms with van der Waals surface area (Å²) in [6, 6.07) is 8.05. The Bertz CT molecular complexity index is 5200.